The predicted octanol–water partition coefficient (Wildman–Crippen LogP) is 4.20. The summed E-state index contributed by atoms with van der Waals surface area (Å²) in [5, 5.41) is 13.4. The van der Waals surface area contributed by atoms with Crippen molar-refractivity contribution in [3.8, 4) is 34.3 Å². The number of para-hydroxylation sites is 1. The molecule has 0 bridgehead atoms. The predicted molar refractivity (Wildman–Crippen MR) is 139 cm³/mol. The standard InChI is InChI=1S/C26H25N5O4S/c1-33-21-12-10-19(11-13-21)25-29-30-26(31(25)20-7-5-4-6-8-20)36-17-24(32)28-27-16-18-9-14-22(34-2)23(15-18)35-3/h4-16H,17H2,1-3H3,(H,28,32). The molecule has 0 saturated heterocycles. The van der Waals surface area contributed by atoms with Gasteiger partial charge in [-0.1, -0.05) is 30.0 Å². The van der Waals surface area contributed by atoms with E-state index < -0.39 is 0 Å². The summed E-state index contributed by atoms with van der Waals surface area (Å²) in [7, 11) is 4.76. The molecule has 0 atom stereocenters. The molecule has 0 radical (unpaired) electrons. The molecule has 9 nitrogen and oxygen atoms in total. The number of carbonyl (C=O) groups excluding carboxylic acids is 1. The van der Waals surface area contributed by atoms with Gasteiger partial charge in [-0.2, -0.15) is 5.10 Å². The summed E-state index contributed by atoms with van der Waals surface area (Å²) < 4.78 is 17.7. The highest BCUT2D eigenvalue weighted by molar-refractivity contribution is 7.99. The van der Waals surface area contributed by atoms with Gasteiger partial charge in [0.2, 0.25) is 0 Å². The second kappa shape index (κ2) is 11.9. The van der Waals surface area contributed by atoms with Crippen molar-refractivity contribution in [1.29, 1.82) is 0 Å². The first-order chi connectivity index (χ1) is 17.6. The zero-order valence-electron chi connectivity index (χ0n) is 20.0. The minimum atomic E-state index is -0.273. The van der Waals surface area contributed by atoms with E-state index >= 15 is 0 Å². The van der Waals surface area contributed by atoms with E-state index in [-0.39, 0.29) is 11.7 Å². The lowest BCUT2D eigenvalue weighted by Gasteiger charge is -2.10. The Morgan fingerprint density at radius 1 is 0.944 bits per heavy atom. The number of amides is 1. The monoisotopic (exact) mass is 503 g/mol. The summed E-state index contributed by atoms with van der Waals surface area (Å²) in [6, 6.07) is 22.7. The molecule has 3 aromatic carbocycles. The lowest BCUT2D eigenvalue weighted by atomic mass is 10.2. The van der Waals surface area contributed by atoms with Crippen LogP contribution in [-0.4, -0.2) is 54.0 Å². The molecule has 0 spiro atoms. The van der Waals surface area contributed by atoms with Crippen LogP contribution >= 0.6 is 11.8 Å². The van der Waals surface area contributed by atoms with E-state index in [0.29, 0.717) is 22.5 Å². The van der Waals surface area contributed by atoms with Gasteiger partial charge < -0.3 is 14.2 Å². The fourth-order valence-electron chi connectivity index (χ4n) is 3.37. The molecule has 1 amide bonds. The molecule has 184 valence electrons. The number of hydrazone groups is 1. The molecule has 0 saturated carbocycles. The SMILES string of the molecule is COc1ccc(-c2nnc(SCC(=O)NN=Cc3ccc(OC)c(OC)c3)n2-c2ccccc2)cc1. The van der Waals surface area contributed by atoms with E-state index in [4.69, 9.17) is 14.2 Å². The summed E-state index contributed by atoms with van der Waals surface area (Å²) >= 11 is 1.27. The van der Waals surface area contributed by atoms with Crippen LogP contribution in [0.2, 0.25) is 0 Å². The van der Waals surface area contributed by atoms with Gasteiger partial charge in [0.15, 0.2) is 22.5 Å². The Labute approximate surface area is 213 Å². The number of hydrogen-bond donors (Lipinski definition) is 1. The summed E-state index contributed by atoms with van der Waals surface area (Å²) in [5.74, 6) is 2.45. The average Bonchev–Trinajstić information content (AvgIpc) is 3.36. The largest absolute Gasteiger partial charge is 0.497 e. The lowest BCUT2D eigenvalue weighted by molar-refractivity contribution is -0.118. The van der Waals surface area contributed by atoms with Crippen LogP contribution in [0, 0.1) is 0 Å². The molecule has 10 heteroatoms. The van der Waals surface area contributed by atoms with Crippen molar-refractivity contribution in [2.24, 2.45) is 5.10 Å². The van der Waals surface area contributed by atoms with E-state index in [1.807, 2.05) is 65.2 Å². The van der Waals surface area contributed by atoms with Crippen molar-refractivity contribution in [3.63, 3.8) is 0 Å². The number of nitrogens with zero attached hydrogens (tertiary/aromatic N) is 4. The van der Waals surface area contributed by atoms with E-state index in [9.17, 15) is 4.79 Å². The van der Waals surface area contributed by atoms with Crippen LogP contribution in [0.1, 0.15) is 5.56 Å². The van der Waals surface area contributed by atoms with E-state index in [1.54, 1.807) is 39.7 Å². The number of benzene rings is 3. The molecule has 4 rings (SSSR count). The Hall–Kier alpha value is -4.31. The first-order valence-corrected chi connectivity index (χ1v) is 11.9. The molecule has 1 heterocycles. The zero-order chi connectivity index (χ0) is 25.3. The molecule has 0 aliphatic carbocycles. The van der Waals surface area contributed by atoms with E-state index in [2.05, 4.69) is 20.7 Å². The summed E-state index contributed by atoms with van der Waals surface area (Å²) in [6.45, 7) is 0. The molecular formula is C26H25N5O4S. The highest BCUT2D eigenvalue weighted by Crippen LogP contribution is 2.29. The Bertz CT molecular complexity index is 1340. The topological polar surface area (TPSA) is 99.9 Å². The van der Waals surface area contributed by atoms with Crippen molar-refractivity contribution >= 4 is 23.9 Å². The van der Waals surface area contributed by atoms with Crippen LogP contribution in [0.25, 0.3) is 17.1 Å². The molecule has 1 N–H and O–H groups in total. The molecule has 36 heavy (non-hydrogen) atoms. The molecule has 0 aliphatic rings. The number of methoxy groups -OCH3 is 3. The molecule has 4 aromatic rings. The van der Waals surface area contributed by atoms with Crippen LogP contribution < -0.4 is 19.6 Å². The Balaban J connectivity index is 1.47. The first-order valence-electron chi connectivity index (χ1n) is 10.9. The molecule has 0 fully saturated rings. The summed E-state index contributed by atoms with van der Waals surface area (Å²) in [4.78, 5) is 12.5. The third-order valence-corrected chi connectivity index (χ3v) is 6.07. The number of carbonyl (C=O) groups is 1. The van der Waals surface area contributed by atoms with Crippen molar-refractivity contribution < 1.29 is 19.0 Å². The van der Waals surface area contributed by atoms with Gasteiger partial charge in [-0.05, 0) is 60.2 Å². The van der Waals surface area contributed by atoms with Crippen LogP contribution in [0.4, 0.5) is 0 Å². The van der Waals surface area contributed by atoms with E-state index in [0.717, 1.165) is 22.6 Å². The van der Waals surface area contributed by atoms with E-state index in [1.165, 1.54) is 11.8 Å². The number of hydrogen-bond acceptors (Lipinski definition) is 8. The van der Waals surface area contributed by atoms with Gasteiger partial charge in [0.05, 0.1) is 33.3 Å². The number of rotatable bonds is 10. The van der Waals surface area contributed by atoms with Gasteiger partial charge in [0, 0.05) is 11.3 Å². The van der Waals surface area contributed by atoms with Gasteiger partial charge in [-0.3, -0.25) is 9.36 Å². The summed E-state index contributed by atoms with van der Waals surface area (Å²) in [5.41, 5.74) is 5.07. The highest BCUT2D eigenvalue weighted by atomic mass is 32.2. The maximum atomic E-state index is 12.5. The van der Waals surface area contributed by atoms with Gasteiger partial charge in [0.25, 0.3) is 5.91 Å². The van der Waals surface area contributed by atoms with Crippen LogP contribution in [0.15, 0.2) is 83.1 Å². The van der Waals surface area contributed by atoms with Crippen LogP contribution in [-0.2, 0) is 4.79 Å². The number of ether oxygens (including phenoxy) is 3. The minimum Gasteiger partial charge on any atom is -0.497 e. The van der Waals surface area contributed by atoms with Crippen molar-refractivity contribution in [1.82, 2.24) is 20.2 Å². The van der Waals surface area contributed by atoms with Crippen molar-refractivity contribution in [2.45, 2.75) is 5.16 Å². The second-order valence-corrected chi connectivity index (χ2v) is 8.34. The normalized spacial score (nSPS) is 10.9. The van der Waals surface area contributed by atoms with Gasteiger partial charge in [-0.15, -0.1) is 10.2 Å². The lowest BCUT2D eigenvalue weighted by Crippen LogP contribution is -2.20. The maximum Gasteiger partial charge on any atom is 0.250 e. The zero-order valence-corrected chi connectivity index (χ0v) is 20.9. The Morgan fingerprint density at radius 2 is 1.69 bits per heavy atom. The number of aromatic nitrogens is 3. The van der Waals surface area contributed by atoms with Gasteiger partial charge >= 0.3 is 0 Å². The smallest absolute Gasteiger partial charge is 0.250 e. The van der Waals surface area contributed by atoms with Crippen molar-refractivity contribution in [2.75, 3.05) is 27.1 Å². The van der Waals surface area contributed by atoms with Gasteiger partial charge in [0.1, 0.15) is 5.75 Å². The number of thioether (sulfide) groups is 1. The quantitative estimate of drug-likeness (QED) is 0.197. The highest BCUT2D eigenvalue weighted by Gasteiger charge is 2.17. The molecular weight excluding hydrogens is 478 g/mol. The Kier molecular flexibility index (Phi) is 8.20. The molecule has 0 aliphatic heterocycles. The van der Waals surface area contributed by atoms with Crippen LogP contribution in [0.3, 0.4) is 0 Å². The first kappa shape index (κ1) is 24.8. The number of nitrogens with one attached hydrogen (secondary N) is 1. The third kappa shape index (κ3) is 5.84. The van der Waals surface area contributed by atoms with Gasteiger partial charge in [-0.25, -0.2) is 5.43 Å². The summed E-state index contributed by atoms with van der Waals surface area (Å²) in [6.07, 6.45) is 1.54. The second-order valence-electron chi connectivity index (χ2n) is 7.40. The fraction of sp³-hybridized carbons (Fsp3) is 0.154. The minimum absolute atomic E-state index is 0.108. The Morgan fingerprint density at radius 3 is 2.39 bits per heavy atom. The molecule has 1 aromatic heterocycles. The van der Waals surface area contributed by atoms with Crippen molar-refractivity contribution in [3.05, 3.63) is 78.4 Å². The van der Waals surface area contributed by atoms with Crippen LogP contribution in [0.5, 0.6) is 17.2 Å². The third-order valence-electron chi connectivity index (χ3n) is 5.14. The molecule has 0 unspecified atom stereocenters. The average molecular weight is 504 g/mol. The maximum absolute atomic E-state index is 12.5. The fourth-order valence-corrected chi connectivity index (χ4v) is 4.12.